The molecule has 2 heterocycles. The molecule has 3 aromatic rings. The first kappa shape index (κ1) is 18.4. The van der Waals surface area contributed by atoms with E-state index in [1.54, 1.807) is 17.1 Å². The molecule has 0 bridgehead atoms. The van der Waals surface area contributed by atoms with E-state index in [0.29, 0.717) is 5.75 Å². The van der Waals surface area contributed by atoms with Crippen LogP contribution in [-0.2, 0) is 11.2 Å². The zero-order valence-electron chi connectivity index (χ0n) is 16.7. The normalized spacial score (nSPS) is 20.0. The van der Waals surface area contributed by atoms with Crippen LogP contribution in [0.2, 0.25) is 0 Å². The number of hydrazine groups is 1. The van der Waals surface area contributed by atoms with Crippen LogP contribution in [-0.4, -0.2) is 29.2 Å². The molecule has 6 nitrogen and oxygen atoms in total. The number of carbonyl (C=O) groups excluding carboxylic acids is 1. The second-order valence-electron chi connectivity index (χ2n) is 7.58. The highest BCUT2D eigenvalue weighted by Crippen LogP contribution is 2.45. The number of benzene rings is 3. The fourth-order valence-electron chi connectivity index (χ4n) is 4.47. The molecular formula is C24H23N3O3. The zero-order valence-corrected chi connectivity index (χ0v) is 16.7. The number of fused-ring (bicyclic) bond motifs is 3. The molecule has 1 saturated heterocycles. The predicted octanol–water partition coefficient (Wildman–Crippen LogP) is 4.09. The molecule has 0 radical (unpaired) electrons. The lowest BCUT2D eigenvalue weighted by atomic mass is 9.95. The predicted molar refractivity (Wildman–Crippen MR) is 115 cm³/mol. The largest absolute Gasteiger partial charge is 0.504 e. The molecule has 3 aromatic carbocycles. The Balaban J connectivity index is 1.63. The average molecular weight is 401 g/mol. The molecule has 0 spiro atoms. The van der Waals surface area contributed by atoms with Gasteiger partial charge >= 0.3 is 0 Å². The summed E-state index contributed by atoms with van der Waals surface area (Å²) in [7, 11) is 1.52. The maximum absolute atomic E-state index is 13.5. The summed E-state index contributed by atoms with van der Waals surface area (Å²) in [6.07, 6.45) is 1.21. The van der Waals surface area contributed by atoms with Crippen molar-refractivity contribution in [3.05, 3.63) is 83.9 Å². The molecule has 1 amide bonds. The summed E-state index contributed by atoms with van der Waals surface area (Å²) in [6, 6.07) is 22.9. The summed E-state index contributed by atoms with van der Waals surface area (Å²) in [5.41, 5.74) is 7.23. The van der Waals surface area contributed by atoms with Crippen molar-refractivity contribution in [2.75, 3.05) is 17.4 Å². The van der Waals surface area contributed by atoms with Gasteiger partial charge in [-0.1, -0.05) is 42.5 Å². The smallest absolute Gasteiger partial charge is 0.265 e. The molecule has 1 fully saturated rings. The van der Waals surface area contributed by atoms with E-state index >= 15 is 0 Å². The SMILES string of the molecule is COc1ccc([C@H]2N(Nc3ccccc3)C(=O)[C@@H]3CCc4ccccc4N32)cc1O. The minimum absolute atomic E-state index is 0.0219. The monoisotopic (exact) mass is 401 g/mol. The molecule has 6 heteroatoms. The van der Waals surface area contributed by atoms with Crippen molar-refractivity contribution in [1.29, 1.82) is 0 Å². The summed E-state index contributed by atoms with van der Waals surface area (Å²) >= 11 is 0. The highest BCUT2D eigenvalue weighted by atomic mass is 16.5. The number of methoxy groups -OCH3 is 1. The Labute approximate surface area is 175 Å². The Morgan fingerprint density at radius 1 is 1.03 bits per heavy atom. The van der Waals surface area contributed by atoms with Gasteiger partial charge in [0.2, 0.25) is 0 Å². The van der Waals surface area contributed by atoms with E-state index in [2.05, 4.69) is 22.5 Å². The van der Waals surface area contributed by atoms with Crippen LogP contribution in [0.5, 0.6) is 11.5 Å². The third-order valence-corrected chi connectivity index (χ3v) is 5.85. The summed E-state index contributed by atoms with van der Waals surface area (Å²) < 4.78 is 5.21. The number of phenols is 1. The molecule has 0 saturated carbocycles. The van der Waals surface area contributed by atoms with Gasteiger partial charge < -0.3 is 14.7 Å². The van der Waals surface area contributed by atoms with E-state index < -0.39 is 6.17 Å². The fourth-order valence-corrected chi connectivity index (χ4v) is 4.47. The van der Waals surface area contributed by atoms with E-state index in [-0.39, 0.29) is 17.7 Å². The van der Waals surface area contributed by atoms with Crippen LogP contribution in [0.4, 0.5) is 11.4 Å². The number of aryl methyl sites for hydroxylation is 1. The molecule has 2 aliphatic rings. The van der Waals surface area contributed by atoms with Crippen molar-refractivity contribution in [1.82, 2.24) is 5.01 Å². The Morgan fingerprint density at radius 3 is 2.57 bits per heavy atom. The van der Waals surface area contributed by atoms with Gasteiger partial charge in [0.15, 0.2) is 17.7 Å². The van der Waals surface area contributed by atoms with Crippen molar-refractivity contribution in [2.45, 2.75) is 25.0 Å². The Morgan fingerprint density at radius 2 is 1.80 bits per heavy atom. The minimum atomic E-state index is -0.402. The van der Waals surface area contributed by atoms with E-state index in [0.717, 1.165) is 29.8 Å². The highest BCUT2D eigenvalue weighted by Gasteiger charge is 2.49. The van der Waals surface area contributed by atoms with Crippen molar-refractivity contribution in [3.8, 4) is 11.5 Å². The molecule has 2 N–H and O–H groups in total. The van der Waals surface area contributed by atoms with E-state index in [4.69, 9.17) is 4.74 Å². The average Bonchev–Trinajstić information content (AvgIpc) is 3.06. The minimum Gasteiger partial charge on any atom is -0.504 e. The summed E-state index contributed by atoms with van der Waals surface area (Å²) in [4.78, 5) is 15.6. The molecule has 0 unspecified atom stereocenters. The lowest BCUT2D eigenvalue weighted by molar-refractivity contribution is -0.128. The van der Waals surface area contributed by atoms with Crippen LogP contribution in [0.3, 0.4) is 0 Å². The molecule has 2 aliphatic heterocycles. The first-order chi connectivity index (χ1) is 14.7. The van der Waals surface area contributed by atoms with Gasteiger partial charge in [0.25, 0.3) is 5.91 Å². The van der Waals surface area contributed by atoms with Crippen molar-refractivity contribution in [3.63, 3.8) is 0 Å². The van der Waals surface area contributed by atoms with Gasteiger partial charge in [-0.3, -0.25) is 10.2 Å². The van der Waals surface area contributed by atoms with Gasteiger partial charge in [-0.05, 0) is 48.7 Å². The van der Waals surface area contributed by atoms with Crippen LogP contribution in [0, 0.1) is 0 Å². The van der Waals surface area contributed by atoms with Gasteiger partial charge in [-0.15, -0.1) is 0 Å². The third-order valence-electron chi connectivity index (χ3n) is 5.85. The van der Waals surface area contributed by atoms with E-state index in [1.807, 2.05) is 48.5 Å². The molecule has 0 aliphatic carbocycles. The van der Waals surface area contributed by atoms with Gasteiger partial charge in [-0.2, -0.15) is 0 Å². The van der Waals surface area contributed by atoms with Crippen molar-refractivity contribution >= 4 is 17.3 Å². The van der Waals surface area contributed by atoms with Crippen LogP contribution in [0.1, 0.15) is 23.7 Å². The summed E-state index contributed by atoms with van der Waals surface area (Å²) in [5, 5.41) is 12.1. The van der Waals surface area contributed by atoms with Crippen LogP contribution in [0.25, 0.3) is 0 Å². The lowest BCUT2D eigenvalue weighted by Gasteiger charge is -2.37. The quantitative estimate of drug-likeness (QED) is 0.689. The van der Waals surface area contributed by atoms with Crippen LogP contribution < -0.4 is 15.1 Å². The summed E-state index contributed by atoms with van der Waals surface area (Å²) in [5.74, 6) is 0.478. The number of phenolic OH excluding ortho intramolecular Hbond substituents is 1. The Kier molecular flexibility index (Phi) is 4.47. The number of hydrogen-bond donors (Lipinski definition) is 2. The van der Waals surface area contributed by atoms with E-state index in [1.165, 1.54) is 12.7 Å². The number of aromatic hydroxyl groups is 1. The number of nitrogens with zero attached hydrogens (tertiary/aromatic N) is 2. The Bertz CT molecular complexity index is 1090. The molecule has 0 aromatic heterocycles. The second-order valence-corrected chi connectivity index (χ2v) is 7.58. The maximum atomic E-state index is 13.5. The Hall–Kier alpha value is -3.67. The third kappa shape index (κ3) is 2.92. The fraction of sp³-hybridized carbons (Fsp3) is 0.208. The van der Waals surface area contributed by atoms with Crippen molar-refractivity contribution in [2.24, 2.45) is 0 Å². The second kappa shape index (κ2) is 7.30. The number of amides is 1. The number of anilines is 2. The topological polar surface area (TPSA) is 65.0 Å². The zero-order chi connectivity index (χ0) is 20.7. The molecular weight excluding hydrogens is 378 g/mol. The van der Waals surface area contributed by atoms with Crippen molar-refractivity contribution < 1.29 is 14.6 Å². The first-order valence-electron chi connectivity index (χ1n) is 10.1. The number of rotatable bonds is 4. The standard InChI is InChI=1S/C24H23N3O3/c1-30-22-14-12-17(15-21(22)28)23-26-19-10-6-5-7-16(19)11-13-20(26)24(29)27(23)25-18-8-3-2-4-9-18/h2-10,12,14-15,20,23,25,28H,11,13H2,1H3/t20-,23+/m0/s1. The number of ether oxygens (including phenoxy) is 1. The number of nitrogens with one attached hydrogen (secondary N) is 1. The molecule has 30 heavy (non-hydrogen) atoms. The number of para-hydroxylation sites is 2. The van der Waals surface area contributed by atoms with Gasteiger partial charge in [0.05, 0.1) is 12.8 Å². The van der Waals surface area contributed by atoms with Gasteiger partial charge in [0, 0.05) is 11.3 Å². The first-order valence-corrected chi connectivity index (χ1v) is 10.1. The molecule has 152 valence electrons. The van der Waals surface area contributed by atoms with Crippen LogP contribution >= 0.6 is 0 Å². The summed E-state index contributed by atoms with van der Waals surface area (Å²) in [6.45, 7) is 0. The molecule has 2 atom stereocenters. The maximum Gasteiger partial charge on any atom is 0.265 e. The highest BCUT2D eigenvalue weighted by molar-refractivity contribution is 5.92. The number of carbonyl (C=O) groups is 1. The molecule has 5 rings (SSSR count). The number of hydrogen-bond acceptors (Lipinski definition) is 5. The van der Waals surface area contributed by atoms with Crippen LogP contribution in [0.15, 0.2) is 72.8 Å². The van der Waals surface area contributed by atoms with Gasteiger partial charge in [0.1, 0.15) is 6.04 Å². The van der Waals surface area contributed by atoms with E-state index in [9.17, 15) is 9.90 Å². The lowest BCUT2D eigenvalue weighted by Crippen LogP contribution is -2.38. The van der Waals surface area contributed by atoms with Gasteiger partial charge in [-0.25, -0.2) is 5.01 Å².